The van der Waals surface area contributed by atoms with Gasteiger partial charge in [0, 0.05) is 15.8 Å². The maximum Gasteiger partial charge on any atom is 0.0575 e. The normalized spacial score (nSPS) is 11.5. The Balaban J connectivity index is 2.72. The van der Waals surface area contributed by atoms with Crippen LogP contribution in [0, 0.1) is 0 Å². The molecule has 0 saturated carbocycles. The Morgan fingerprint density at radius 1 is 1.35 bits per heavy atom. The molecule has 0 amide bonds. The minimum Gasteiger partial charge on any atom is -0.397 e. The standard InChI is InChI=1S/C13H21BrN2S/c1-4-13(5-2,17-3)9-16-12-7-6-10(14)8-11(12)15/h6-8,16H,4-5,9,15H2,1-3H3. The van der Waals surface area contributed by atoms with Gasteiger partial charge in [-0.2, -0.15) is 11.8 Å². The number of hydrogen-bond acceptors (Lipinski definition) is 3. The van der Waals surface area contributed by atoms with E-state index in [2.05, 4.69) is 41.3 Å². The van der Waals surface area contributed by atoms with Gasteiger partial charge in [0.15, 0.2) is 0 Å². The maximum absolute atomic E-state index is 5.98. The first-order valence-corrected chi connectivity index (χ1v) is 7.92. The van der Waals surface area contributed by atoms with Crippen LogP contribution in [-0.4, -0.2) is 17.5 Å². The monoisotopic (exact) mass is 316 g/mol. The van der Waals surface area contributed by atoms with Gasteiger partial charge in [0.1, 0.15) is 0 Å². The topological polar surface area (TPSA) is 38.0 Å². The molecule has 1 rings (SSSR count). The summed E-state index contributed by atoms with van der Waals surface area (Å²) in [6, 6.07) is 5.97. The van der Waals surface area contributed by atoms with E-state index in [1.54, 1.807) is 0 Å². The summed E-state index contributed by atoms with van der Waals surface area (Å²) in [6.45, 7) is 5.44. The Hall–Kier alpha value is -0.350. The van der Waals surface area contributed by atoms with Gasteiger partial charge in [0.25, 0.3) is 0 Å². The fourth-order valence-corrected chi connectivity index (χ4v) is 2.98. The van der Waals surface area contributed by atoms with Gasteiger partial charge in [-0.05, 0) is 37.3 Å². The molecule has 0 aliphatic rings. The highest BCUT2D eigenvalue weighted by molar-refractivity contribution is 9.10. The lowest BCUT2D eigenvalue weighted by Crippen LogP contribution is -2.32. The minimum absolute atomic E-state index is 0.305. The van der Waals surface area contributed by atoms with Crippen LogP contribution >= 0.6 is 27.7 Å². The number of thioether (sulfide) groups is 1. The predicted octanol–water partition coefficient (Wildman–Crippen LogP) is 4.37. The second kappa shape index (κ2) is 6.55. The van der Waals surface area contributed by atoms with Crippen molar-refractivity contribution >= 4 is 39.1 Å². The van der Waals surface area contributed by atoms with Crippen molar-refractivity contribution in [1.29, 1.82) is 0 Å². The van der Waals surface area contributed by atoms with Crippen molar-refractivity contribution in [3.8, 4) is 0 Å². The molecule has 2 nitrogen and oxygen atoms in total. The fraction of sp³-hybridized carbons (Fsp3) is 0.538. The van der Waals surface area contributed by atoms with Gasteiger partial charge in [0.05, 0.1) is 11.4 Å². The van der Waals surface area contributed by atoms with Crippen molar-refractivity contribution in [2.24, 2.45) is 0 Å². The van der Waals surface area contributed by atoms with Gasteiger partial charge >= 0.3 is 0 Å². The van der Waals surface area contributed by atoms with E-state index in [9.17, 15) is 0 Å². The quantitative estimate of drug-likeness (QED) is 0.765. The van der Waals surface area contributed by atoms with E-state index in [0.717, 1.165) is 35.2 Å². The fourth-order valence-electron chi connectivity index (χ4n) is 1.81. The molecule has 0 aromatic heterocycles. The van der Waals surface area contributed by atoms with Crippen LogP contribution in [0.2, 0.25) is 0 Å². The molecule has 1 aromatic rings. The van der Waals surface area contributed by atoms with E-state index in [-0.39, 0.29) is 0 Å². The zero-order valence-corrected chi connectivity index (χ0v) is 13.1. The Labute approximate surface area is 117 Å². The summed E-state index contributed by atoms with van der Waals surface area (Å²) < 4.78 is 1.32. The molecule has 0 radical (unpaired) electrons. The number of anilines is 2. The summed E-state index contributed by atoms with van der Waals surface area (Å²) in [5, 5.41) is 3.47. The molecule has 3 N–H and O–H groups in total. The van der Waals surface area contributed by atoms with Crippen LogP contribution in [0.25, 0.3) is 0 Å². The highest BCUT2D eigenvalue weighted by Crippen LogP contribution is 2.32. The van der Waals surface area contributed by atoms with Crippen molar-refractivity contribution in [3.05, 3.63) is 22.7 Å². The molecule has 0 saturated heterocycles. The number of rotatable bonds is 6. The maximum atomic E-state index is 5.98. The molecule has 0 aliphatic carbocycles. The molecule has 0 spiro atoms. The van der Waals surface area contributed by atoms with E-state index < -0.39 is 0 Å². The summed E-state index contributed by atoms with van der Waals surface area (Å²) in [7, 11) is 0. The molecule has 0 fully saturated rings. The van der Waals surface area contributed by atoms with E-state index in [1.807, 2.05) is 30.0 Å². The lowest BCUT2D eigenvalue weighted by Gasteiger charge is -2.30. The lowest BCUT2D eigenvalue weighted by molar-refractivity contribution is 0.575. The largest absolute Gasteiger partial charge is 0.397 e. The number of nitrogens with one attached hydrogen (secondary N) is 1. The van der Waals surface area contributed by atoms with Crippen LogP contribution in [-0.2, 0) is 0 Å². The van der Waals surface area contributed by atoms with Crippen molar-refractivity contribution < 1.29 is 0 Å². The molecular formula is C13H21BrN2S. The van der Waals surface area contributed by atoms with Crippen LogP contribution < -0.4 is 11.1 Å². The first-order valence-electron chi connectivity index (χ1n) is 5.91. The van der Waals surface area contributed by atoms with E-state index >= 15 is 0 Å². The average molecular weight is 317 g/mol. The van der Waals surface area contributed by atoms with Crippen molar-refractivity contribution in [2.75, 3.05) is 23.9 Å². The first kappa shape index (κ1) is 14.7. The zero-order valence-electron chi connectivity index (χ0n) is 10.7. The highest BCUT2D eigenvalue weighted by Gasteiger charge is 2.24. The molecule has 0 unspecified atom stereocenters. The third kappa shape index (κ3) is 3.81. The molecule has 1 aromatic carbocycles. The summed E-state index contributed by atoms with van der Waals surface area (Å²) >= 11 is 5.35. The molecule has 0 atom stereocenters. The summed E-state index contributed by atoms with van der Waals surface area (Å²) in [5.74, 6) is 0. The molecule has 0 bridgehead atoms. The SMILES string of the molecule is CCC(CC)(CNc1ccc(Br)cc1N)SC. The number of benzene rings is 1. The second-order valence-corrected chi connectivity index (χ2v) is 6.37. The Kier molecular flexibility index (Phi) is 5.67. The van der Waals surface area contributed by atoms with Crippen LogP contribution in [0.5, 0.6) is 0 Å². The molecule has 4 heteroatoms. The summed E-state index contributed by atoms with van der Waals surface area (Å²) in [4.78, 5) is 0. The Bertz CT molecular complexity index is 356. The molecule has 17 heavy (non-hydrogen) atoms. The number of nitrogens with two attached hydrogens (primary N) is 1. The van der Waals surface area contributed by atoms with Crippen LogP contribution in [0.4, 0.5) is 11.4 Å². The first-order chi connectivity index (χ1) is 8.06. The van der Waals surface area contributed by atoms with Crippen molar-refractivity contribution in [2.45, 2.75) is 31.4 Å². The molecule has 0 heterocycles. The highest BCUT2D eigenvalue weighted by atomic mass is 79.9. The van der Waals surface area contributed by atoms with E-state index in [0.29, 0.717) is 4.75 Å². The summed E-state index contributed by atoms with van der Waals surface area (Å²) in [6.07, 6.45) is 4.50. The van der Waals surface area contributed by atoms with Gasteiger partial charge in [-0.15, -0.1) is 0 Å². The second-order valence-electron chi connectivity index (χ2n) is 4.18. The van der Waals surface area contributed by atoms with Gasteiger partial charge in [-0.1, -0.05) is 29.8 Å². The van der Waals surface area contributed by atoms with E-state index in [1.165, 1.54) is 0 Å². The number of nitrogen functional groups attached to an aromatic ring is 1. The zero-order chi connectivity index (χ0) is 12.9. The smallest absolute Gasteiger partial charge is 0.0575 e. The minimum atomic E-state index is 0.305. The van der Waals surface area contributed by atoms with E-state index in [4.69, 9.17) is 5.73 Å². The van der Waals surface area contributed by atoms with Crippen molar-refractivity contribution in [3.63, 3.8) is 0 Å². The van der Waals surface area contributed by atoms with Crippen LogP contribution in [0.1, 0.15) is 26.7 Å². The Morgan fingerprint density at radius 2 is 2.00 bits per heavy atom. The van der Waals surface area contributed by atoms with Crippen LogP contribution in [0.3, 0.4) is 0 Å². The predicted molar refractivity (Wildman–Crippen MR) is 83.9 cm³/mol. The lowest BCUT2D eigenvalue weighted by atomic mass is 10.0. The molecular weight excluding hydrogens is 296 g/mol. The number of halogens is 1. The summed E-state index contributed by atoms with van der Waals surface area (Å²) in [5.41, 5.74) is 7.79. The Morgan fingerprint density at radius 3 is 2.47 bits per heavy atom. The third-order valence-electron chi connectivity index (χ3n) is 3.34. The third-order valence-corrected chi connectivity index (χ3v) is 5.42. The van der Waals surface area contributed by atoms with Gasteiger partial charge in [-0.25, -0.2) is 0 Å². The average Bonchev–Trinajstić information content (AvgIpc) is 2.33. The van der Waals surface area contributed by atoms with Gasteiger partial charge in [0.2, 0.25) is 0 Å². The molecule has 96 valence electrons. The molecule has 0 aliphatic heterocycles. The van der Waals surface area contributed by atoms with Gasteiger partial charge < -0.3 is 11.1 Å². The van der Waals surface area contributed by atoms with Crippen molar-refractivity contribution in [1.82, 2.24) is 0 Å². The van der Waals surface area contributed by atoms with Crippen LogP contribution in [0.15, 0.2) is 22.7 Å². The van der Waals surface area contributed by atoms with Gasteiger partial charge in [-0.3, -0.25) is 0 Å². The number of hydrogen-bond donors (Lipinski definition) is 2.